The number of thiazole rings is 1. The molecule has 0 radical (unpaired) electrons. The molecule has 0 fully saturated rings. The molecule has 54 valence electrons. The summed E-state index contributed by atoms with van der Waals surface area (Å²) in [6, 6.07) is 1.77. The second kappa shape index (κ2) is 3.18. The van der Waals surface area contributed by atoms with Crippen LogP contribution >= 0.6 is 11.3 Å². The summed E-state index contributed by atoms with van der Waals surface area (Å²) in [4.78, 5) is 5.06. The highest BCUT2D eigenvalue weighted by atomic mass is 32.1. The van der Waals surface area contributed by atoms with Gasteiger partial charge in [0, 0.05) is 5.92 Å². The van der Waals surface area contributed by atoms with Crippen LogP contribution < -0.4 is 0 Å². The van der Waals surface area contributed by atoms with Gasteiger partial charge in [0.05, 0.1) is 10.7 Å². The lowest BCUT2D eigenvalue weighted by molar-refractivity contribution is 1.19. The molecule has 0 unspecified atom stereocenters. The fraction of sp³-hybridized carbons (Fsp3) is 0.250. The third-order valence-electron chi connectivity index (χ3n) is 1.14. The van der Waals surface area contributed by atoms with Crippen LogP contribution in [-0.2, 0) is 0 Å². The molecule has 1 aromatic rings. The number of rotatable bonds is 0. The van der Waals surface area contributed by atoms with E-state index >= 15 is 0 Å². The quantitative estimate of drug-likeness (QED) is 0.544. The summed E-state index contributed by atoms with van der Waals surface area (Å²) in [5.74, 6) is 5.07. The first-order valence-electron chi connectivity index (χ1n) is 3.08. The van der Waals surface area contributed by atoms with E-state index < -0.39 is 0 Å². The fourth-order valence-electron chi connectivity index (χ4n) is 0.732. The van der Waals surface area contributed by atoms with Gasteiger partial charge < -0.3 is 0 Å². The van der Waals surface area contributed by atoms with Crippen molar-refractivity contribution in [2.75, 3.05) is 0 Å². The average Bonchev–Trinajstić information content (AvgIpc) is 2.26. The summed E-state index contributed by atoms with van der Waals surface area (Å²) in [5, 5.41) is 9.18. The van der Waals surface area contributed by atoms with E-state index in [0.717, 1.165) is 15.6 Å². The Hall–Kier alpha value is -1.32. The van der Waals surface area contributed by atoms with Gasteiger partial charge >= 0.3 is 0 Å². The van der Waals surface area contributed by atoms with Gasteiger partial charge in [-0.2, -0.15) is 5.26 Å². The molecule has 0 saturated heterocycles. The Morgan fingerprint density at radius 1 is 1.45 bits per heavy atom. The first-order chi connectivity index (χ1) is 5.24. The van der Waals surface area contributed by atoms with E-state index in [9.17, 15) is 0 Å². The summed E-state index contributed by atoms with van der Waals surface area (Å²) in [6.45, 7) is 3.82. The summed E-state index contributed by atoms with van der Waals surface area (Å²) in [5.41, 5.74) is 0.912. The van der Waals surface area contributed by atoms with E-state index in [1.54, 1.807) is 6.07 Å². The first-order valence-corrected chi connectivity index (χ1v) is 3.90. The van der Waals surface area contributed by atoms with Gasteiger partial charge in [-0.05, 0) is 19.8 Å². The Morgan fingerprint density at radius 2 is 2.18 bits per heavy atom. The smallest absolute Gasteiger partial charge is 0.152 e. The van der Waals surface area contributed by atoms with Crippen LogP contribution in [0.15, 0.2) is 0 Å². The SMILES string of the molecule is Cc1nc(C)c(C#CC#N)s1. The van der Waals surface area contributed by atoms with E-state index in [1.807, 2.05) is 13.8 Å². The molecule has 3 heteroatoms. The Kier molecular flexibility index (Phi) is 2.25. The van der Waals surface area contributed by atoms with Crippen LogP contribution in [0.4, 0.5) is 0 Å². The van der Waals surface area contributed by atoms with Crippen molar-refractivity contribution in [3.8, 4) is 17.9 Å². The van der Waals surface area contributed by atoms with Gasteiger partial charge in [-0.1, -0.05) is 0 Å². The van der Waals surface area contributed by atoms with E-state index in [1.165, 1.54) is 11.3 Å². The van der Waals surface area contributed by atoms with Crippen molar-refractivity contribution in [1.29, 1.82) is 5.26 Å². The molecule has 1 heterocycles. The molecule has 0 saturated carbocycles. The molecule has 2 nitrogen and oxygen atoms in total. The molecule has 0 bridgehead atoms. The average molecular weight is 162 g/mol. The molecule has 0 amide bonds. The van der Waals surface area contributed by atoms with Gasteiger partial charge in [0.15, 0.2) is 6.07 Å². The van der Waals surface area contributed by atoms with Crippen LogP contribution in [0.3, 0.4) is 0 Å². The maximum atomic E-state index is 8.19. The number of nitriles is 1. The zero-order valence-electron chi connectivity index (χ0n) is 6.30. The maximum absolute atomic E-state index is 8.19. The minimum Gasteiger partial charge on any atom is -0.246 e. The third kappa shape index (κ3) is 1.80. The van der Waals surface area contributed by atoms with Crippen molar-refractivity contribution in [2.45, 2.75) is 13.8 Å². The number of hydrogen-bond acceptors (Lipinski definition) is 3. The van der Waals surface area contributed by atoms with E-state index in [4.69, 9.17) is 5.26 Å². The predicted octanol–water partition coefficient (Wildman–Crippen LogP) is 1.64. The van der Waals surface area contributed by atoms with E-state index in [2.05, 4.69) is 16.8 Å². The maximum Gasteiger partial charge on any atom is 0.152 e. The molecule has 0 aliphatic carbocycles. The van der Waals surface area contributed by atoms with Gasteiger partial charge in [-0.15, -0.1) is 11.3 Å². The molecular weight excluding hydrogens is 156 g/mol. The van der Waals surface area contributed by atoms with Crippen molar-refractivity contribution in [2.24, 2.45) is 0 Å². The highest BCUT2D eigenvalue weighted by molar-refractivity contribution is 7.12. The van der Waals surface area contributed by atoms with Gasteiger partial charge in [-0.3, -0.25) is 0 Å². The number of aryl methyl sites for hydroxylation is 2. The zero-order chi connectivity index (χ0) is 8.27. The Bertz CT molecular complexity index is 360. The topological polar surface area (TPSA) is 36.7 Å². The van der Waals surface area contributed by atoms with Crippen molar-refractivity contribution in [3.63, 3.8) is 0 Å². The Labute approximate surface area is 69.5 Å². The Morgan fingerprint density at radius 3 is 2.64 bits per heavy atom. The van der Waals surface area contributed by atoms with Gasteiger partial charge in [0.1, 0.15) is 4.88 Å². The third-order valence-corrected chi connectivity index (χ3v) is 2.12. The Balaban J connectivity index is 3.06. The van der Waals surface area contributed by atoms with Crippen LogP contribution in [0.1, 0.15) is 15.6 Å². The summed E-state index contributed by atoms with van der Waals surface area (Å²) < 4.78 is 0. The standard InChI is InChI=1S/C8H6N2S/c1-6-8(4-3-5-9)11-7(2)10-6/h1-2H3. The molecule has 0 aromatic carbocycles. The summed E-state index contributed by atoms with van der Waals surface area (Å²) in [7, 11) is 0. The van der Waals surface area contributed by atoms with Gasteiger partial charge in [0.2, 0.25) is 0 Å². The largest absolute Gasteiger partial charge is 0.246 e. The summed E-state index contributed by atoms with van der Waals surface area (Å²) >= 11 is 1.52. The molecule has 0 spiro atoms. The summed E-state index contributed by atoms with van der Waals surface area (Å²) in [6.07, 6.45) is 0. The molecule has 0 aliphatic heterocycles. The van der Waals surface area contributed by atoms with Crippen molar-refractivity contribution in [1.82, 2.24) is 4.98 Å². The van der Waals surface area contributed by atoms with Crippen molar-refractivity contribution in [3.05, 3.63) is 15.6 Å². The highest BCUT2D eigenvalue weighted by Gasteiger charge is 1.99. The first kappa shape index (κ1) is 7.78. The van der Waals surface area contributed by atoms with Crippen LogP contribution in [0.5, 0.6) is 0 Å². The molecule has 11 heavy (non-hydrogen) atoms. The normalized spacial score (nSPS) is 8.09. The van der Waals surface area contributed by atoms with Crippen molar-refractivity contribution < 1.29 is 0 Å². The lowest BCUT2D eigenvalue weighted by Crippen LogP contribution is -1.73. The van der Waals surface area contributed by atoms with Gasteiger partial charge in [-0.25, -0.2) is 4.98 Å². The van der Waals surface area contributed by atoms with Crippen LogP contribution in [0.2, 0.25) is 0 Å². The van der Waals surface area contributed by atoms with Crippen LogP contribution in [-0.4, -0.2) is 4.98 Å². The molecule has 1 rings (SSSR count). The number of aromatic nitrogens is 1. The minimum absolute atomic E-state index is 0.893. The monoisotopic (exact) mass is 162 g/mol. The molecule has 0 atom stereocenters. The highest BCUT2D eigenvalue weighted by Crippen LogP contribution is 2.14. The fourth-order valence-corrected chi connectivity index (χ4v) is 1.51. The lowest BCUT2D eigenvalue weighted by Gasteiger charge is -1.78. The second-order valence-electron chi connectivity index (χ2n) is 2.01. The van der Waals surface area contributed by atoms with Crippen LogP contribution in [0, 0.1) is 37.0 Å². The molecule has 1 aromatic heterocycles. The number of hydrogen-bond donors (Lipinski definition) is 0. The van der Waals surface area contributed by atoms with Crippen molar-refractivity contribution >= 4 is 11.3 Å². The lowest BCUT2D eigenvalue weighted by atomic mass is 10.4. The van der Waals surface area contributed by atoms with E-state index in [-0.39, 0.29) is 0 Å². The van der Waals surface area contributed by atoms with E-state index in [0.29, 0.717) is 0 Å². The minimum atomic E-state index is 0.893. The second-order valence-corrected chi connectivity index (χ2v) is 3.21. The molecule has 0 N–H and O–H groups in total. The predicted molar refractivity (Wildman–Crippen MR) is 44.1 cm³/mol. The zero-order valence-corrected chi connectivity index (χ0v) is 7.12. The van der Waals surface area contributed by atoms with Gasteiger partial charge in [0.25, 0.3) is 0 Å². The number of nitrogens with zero attached hydrogens (tertiary/aromatic N) is 2. The molecular formula is C8H6N2S. The molecule has 0 aliphatic rings. The van der Waals surface area contributed by atoms with Crippen LogP contribution in [0.25, 0.3) is 0 Å².